The van der Waals surface area contributed by atoms with Crippen LogP contribution >= 0.6 is 0 Å². The molecule has 0 aromatic rings. The number of likely N-dealkylation sites (tertiary alicyclic amines) is 1. The molecule has 0 spiro atoms. The van der Waals surface area contributed by atoms with E-state index in [1.165, 1.54) is 44.9 Å². The van der Waals surface area contributed by atoms with Crippen molar-refractivity contribution in [1.82, 2.24) is 15.1 Å². The first-order chi connectivity index (χ1) is 14.6. The van der Waals surface area contributed by atoms with Gasteiger partial charge in [-0.1, -0.05) is 37.3 Å². The first kappa shape index (κ1) is 20.3. The van der Waals surface area contributed by atoms with Gasteiger partial charge >= 0.3 is 12.0 Å². The second-order valence-electron chi connectivity index (χ2n) is 10.3. The van der Waals surface area contributed by atoms with E-state index in [-0.39, 0.29) is 18.0 Å². The molecule has 1 saturated carbocycles. The van der Waals surface area contributed by atoms with Crippen LogP contribution in [0.4, 0.5) is 4.79 Å². The van der Waals surface area contributed by atoms with Crippen molar-refractivity contribution in [2.75, 3.05) is 26.7 Å². The largest absolute Gasteiger partial charge is 0.467 e. The van der Waals surface area contributed by atoms with Gasteiger partial charge in [0.25, 0.3) is 0 Å². The molecule has 0 aromatic carbocycles. The molecule has 3 saturated heterocycles. The molecule has 5 rings (SSSR count). The van der Waals surface area contributed by atoms with Gasteiger partial charge in [0.1, 0.15) is 5.54 Å². The summed E-state index contributed by atoms with van der Waals surface area (Å²) in [5, 5.41) is 3.19. The maximum Gasteiger partial charge on any atom is 0.331 e. The van der Waals surface area contributed by atoms with Crippen LogP contribution in [0.5, 0.6) is 0 Å². The molecule has 30 heavy (non-hydrogen) atoms. The lowest BCUT2D eigenvalue weighted by atomic mass is 9.68. The lowest BCUT2D eigenvalue weighted by Crippen LogP contribution is -2.64. The normalized spacial score (nSPS) is 35.5. The Morgan fingerprint density at radius 1 is 1.10 bits per heavy atom. The molecule has 0 aromatic heterocycles. The first-order valence-electron chi connectivity index (χ1n) is 12.2. The van der Waals surface area contributed by atoms with Crippen LogP contribution in [0.25, 0.3) is 0 Å². The van der Waals surface area contributed by atoms with E-state index in [1.807, 2.05) is 0 Å². The van der Waals surface area contributed by atoms with E-state index < -0.39 is 5.54 Å². The van der Waals surface area contributed by atoms with Crippen LogP contribution in [0, 0.1) is 11.8 Å². The zero-order chi connectivity index (χ0) is 20.7. The number of carbonyl (C=O) groups excluding carboxylic acids is 2. The minimum absolute atomic E-state index is 0.0582. The molecule has 4 fully saturated rings. The van der Waals surface area contributed by atoms with Gasteiger partial charge in [-0.2, -0.15) is 0 Å². The second kappa shape index (κ2) is 8.18. The number of amides is 2. The van der Waals surface area contributed by atoms with E-state index in [4.69, 9.17) is 4.74 Å². The van der Waals surface area contributed by atoms with Crippen LogP contribution in [0.15, 0.2) is 11.6 Å². The number of piperidine rings is 3. The Kier molecular flexibility index (Phi) is 5.55. The number of esters is 1. The van der Waals surface area contributed by atoms with Crippen LogP contribution in [-0.2, 0) is 9.53 Å². The summed E-state index contributed by atoms with van der Waals surface area (Å²) in [7, 11) is 1.44. The highest BCUT2D eigenvalue weighted by atomic mass is 16.5. The fraction of sp³-hybridized carbons (Fsp3) is 0.833. The zero-order valence-corrected chi connectivity index (χ0v) is 18.4. The number of rotatable bonds is 2. The van der Waals surface area contributed by atoms with Crippen molar-refractivity contribution < 1.29 is 14.3 Å². The van der Waals surface area contributed by atoms with Crippen molar-refractivity contribution in [2.24, 2.45) is 11.8 Å². The van der Waals surface area contributed by atoms with Gasteiger partial charge in [-0.05, 0) is 63.3 Å². The van der Waals surface area contributed by atoms with Crippen molar-refractivity contribution in [3.63, 3.8) is 0 Å². The number of nitrogens with zero attached hydrogens (tertiary/aromatic N) is 2. The molecule has 4 atom stereocenters. The Hall–Kier alpha value is -1.56. The first-order valence-corrected chi connectivity index (χ1v) is 12.2. The Labute approximate surface area is 180 Å². The van der Waals surface area contributed by atoms with Gasteiger partial charge in [0.15, 0.2) is 0 Å². The molecule has 2 aliphatic carbocycles. The molecule has 3 aliphatic heterocycles. The van der Waals surface area contributed by atoms with Crippen molar-refractivity contribution in [1.29, 1.82) is 0 Å². The molecular formula is C24H37N3O3. The highest BCUT2D eigenvalue weighted by Gasteiger charge is 2.49. The maximum atomic E-state index is 13.6. The molecule has 0 radical (unpaired) electrons. The highest BCUT2D eigenvalue weighted by molar-refractivity contribution is 5.87. The summed E-state index contributed by atoms with van der Waals surface area (Å²) in [4.78, 5) is 31.0. The van der Waals surface area contributed by atoms with Gasteiger partial charge in [0.05, 0.1) is 13.2 Å². The standard InChI is InChI=1S/C24H37N3O3/c1-30-22(28)24(10-4-2-5-11-24)25-23(29)27-13-7-8-17-14-18-15-19(21(17)27)16-26-12-6-3-9-20(18)26/h14,18-21H,2-13,15-16H2,1H3,(H,25,29)/t18-,19+,20-,21-/m0/s1. The van der Waals surface area contributed by atoms with E-state index in [9.17, 15) is 9.59 Å². The summed E-state index contributed by atoms with van der Waals surface area (Å²) in [6.07, 6.45) is 14.3. The van der Waals surface area contributed by atoms with E-state index in [0.29, 0.717) is 24.7 Å². The zero-order valence-electron chi connectivity index (χ0n) is 18.4. The Bertz CT molecular complexity index is 714. The molecule has 0 unspecified atom stereocenters. The van der Waals surface area contributed by atoms with Gasteiger partial charge in [0.2, 0.25) is 0 Å². The molecule has 166 valence electrons. The molecular weight excluding hydrogens is 378 g/mol. The summed E-state index contributed by atoms with van der Waals surface area (Å²) in [5.74, 6) is 0.912. The number of carbonyl (C=O) groups is 2. The third-order valence-electron chi connectivity index (χ3n) is 8.55. The SMILES string of the molecule is COC(=O)C1(NC(=O)N2CCCC3=C[C@H]4C[C@H](CN5CCCC[C@@H]45)[C@H]32)CCCCC1. The fourth-order valence-corrected chi connectivity index (χ4v) is 7.21. The van der Waals surface area contributed by atoms with Gasteiger partial charge in [0, 0.05) is 19.1 Å². The maximum absolute atomic E-state index is 13.6. The second-order valence-corrected chi connectivity index (χ2v) is 10.3. The molecule has 5 aliphatic rings. The topological polar surface area (TPSA) is 61.9 Å². The summed E-state index contributed by atoms with van der Waals surface area (Å²) < 4.78 is 5.12. The molecule has 6 heteroatoms. The number of methoxy groups -OCH3 is 1. The third kappa shape index (κ3) is 3.45. The summed E-state index contributed by atoms with van der Waals surface area (Å²) in [5.41, 5.74) is 0.645. The van der Waals surface area contributed by atoms with Crippen LogP contribution < -0.4 is 5.32 Å². The van der Waals surface area contributed by atoms with Gasteiger partial charge in [-0.15, -0.1) is 0 Å². The van der Waals surface area contributed by atoms with Crippen LogP contribution in [0.1, 0.15) is 70.6 Å². The Morgan fingerprint density at radius 2 is 1.93 bits per heavy atom. The number of nitrogens with one attached hydrogen (secondary N) is 1. The van der Waals surface area contributed by atoms with Crippen LogP contribution in [-0.4, -0.2) is 66.2 Å². The van der Waals surface area contributed by atoms with Crippen molar-refractivity contribution >= 4 is 12.0 Å². The average molecular weight is 416 g/mol. The monoisotopic (exact) mass is 415 g/mol. The van der Waals surface area contributed by atoms with Gasteiger partial charge in [-0.25, -0.2) is 9.59 Å². The average Bonchev–Trinajstić information content (AvgIpc) is 2.78. The summed E-state index contributed by atoms with van der Waals surface area (Å²) in [6, 6.07) is 0.866. The number of urea groups is 1. The Morgan fingerprint density at radius 3 is 2.73 bits per heavy atom. The van der Waals surface area contributed by atoms with Crippen LogP contribution in [0.2, 0.25) is 0 Å². The fourth-order valence-electron chi connectivity index (χ4n) is 7.21. The lowest BCUT2D eigenvalue weighted by Gasteiger charge is -2.55. The molecule has 6 nitrogen and oxygen atoms in total. The van der Waals surface area contributed by atoms with Gasteiger partial charge < -0.3 is 15.0 Å². The lowest BCUT2D eigenvalue weighted by molar-refractivity contribution is -0.149. The van der Waals surface area contributed by atoms with Crippen molar-refractivity contribution in [3.8, 4) is 0 Å². The molecule has 2 amide bonds. The molecule has 3 heterocycles. The smallest absolute Gasteiger partial charge is 0.331 e. The van der Waals surface area contributed by atoms with Crippen LogP contribution in [0.3, 0.4) is 0 Å². The third-order valence-corrected chi connectivity index (χ3v) is 8.55. The minimum Gasteiger partial charge on any atom is -0.467 e. The summed E-state index contributed by atoms with van der Waals surface area (Å²) >= 11 is 0. The van der Waals surface area contributed by atoms with Crippen molar-refractivity contribution in [2.45, 2.75) is 88.3 Å². The van der Waals surface area contributed by atoms with E-state index >= 15 is 0 Å². The number of ether oxygens (including phenoxy) is 1. The van der Waals surface area contributed by atoms with Crippen molar-refractivity contribution in [3.05, 3.63) is 11.6 Å². The predicted molar refractivity (Wildman–Crippen MR) is 115 cm³/mol. The predicted octanol–water partition coefficient (Wildman–Crippen LogP) is 3.47. The Balaban J connectivity index is 1.37. The quantitative estimate of drug-likeness (QED) is 0.554. The van der Waals surface area contributed by atoms with E-state index in [2.05, 4.69) is 21.2 Å². The molecule has 1 N–H and O–H groups in total. The minimum atomic E-state index is -0.840. The number of fused-ring (bicyclic) bond motifs is 6. The molecule has 2 bridgehead atoms. The number of hydrogen-bond acceptors (Lipinski definition) is 4. The van der Waals surface area contributed by atoms with E-state index in [0.717, 1.165) is 51.2 Å². The van der Waals surface area contributed by atoms with E-state index in [1.54, 1.807) is 0 Å². The highest BCUT2D eigenvalue weighted by Crippen LogP contribution is 2.45. The van der Waals surface area contributed by atoms with Gasteiger partial charge in [-0.3, -0.25) is 4.90 Å². The number of hydrogen-bond donors (Lipinski definition) is 1. The summed E-state index contributed by atoms with van der Waals surface area (Å²) in [6.45, 7) is 3.12.